The Morgan fingerprint density at radius 1 is 1.25 bits per heavy atom. The van der Waals surface area contributed by atoms with Crippen LogP contribution in [0.1, 0.15) is 24.8 Å². The summed E-state index contributed by atoms with van der Waals surface area (Å²) in [5.41, 5.74) is 1.50. The summed E-state index contributed by atoms with van der Waals surface area (Å²) in [6.07, 6.45) is 5.82. The molecule has 2 rings (SSSR count). The van der Waals surface area contributed by atoms with E-state index in [9.17, 15) is 0 Å². The molecule has 2 atom stereocenters. The van der Waals surface area contributed by atoms with Gasteiger partial charge in [0.15, 0.2) is 0 Å². The predicted octanol–water partition coefficient (Wildman–Crippen LogP) is 3.37. The van der Waals surface area contributed by atoms with E-state index in [0.29, 0.717) is 0 Å². The zero-order valence-electron chi connectivity index (χ0n) is 7.40. The molecule has 1 fully saturated rings. The minimum Gasteiger partial charge on any atom is -0.0914 e. The summed E-state index contributed by atoms with van der Waals surface area (Å²) >= 11 is 0. The van der Waals surface area contributed by atoms with Crippen LogP contribution in [0.3, 0.4) is 0 Å². The summed E-state index contributed by atoms with van der Waals surface area (Å²) in [5, 5.41) is 0. The Labute approximate surface area is 73.9 Å². The lowest BCUT2D eigenvalue weighted by atomic mass is 10.1. The van der Waals surface area contributed by atoms with Crippen molar-refractivity contribution in [2.75, 3.05) is 0 Å². The van der Waals surface area contributed by atoms with E-state index in [-0.39, 0.29) is 0 Å². The topological polar surface area (TPSA) is 0 Å². The Kier molecular flexibility index (Phi) is 1.99. The maximum Gasteiger partial charge on any atom is -0.00930 e. The molecule has 0 aliphatic heterocycles. The lowest BCUT2D eigenvalue weighted by molar-refractivity contribution is 1.01. The summed E-state index contributed by atoms with van der Waals surface area (Å²) < 4.78 is 0. The fourth-order valence-electron chi connectivity index (χ4n) is 1.76. The Bertz CT molecular complexity index is 271. The van der Waals surface area contributed by atoms with Gasteiger partial charge < -0.3 is 0 Å². The van der Waals surface area contributed by atoms with Crippen LogP contribution in [0.4, 0.5) is 0 Å². The Morgan fingerprint density at radius 3 is 2.67 bits per heavy atom. The number of hydrogen-bond acceptors (Lipinski definition) is 0. The van der Waals surface area contributed by atoms with Crippen molar-refractivity contribution in [1.29, 1.82) is 0 Å². The second-order valence-electron chi connectivity index (χ2n) is 3.44. The summed E-state index contributed by atoms with van der Waals surface area (Å²) in [5.74, 6) is 1.62. The molecule has 0 nitrogen and oxygen atoms in total. The van der Waals surface area contributed by atoms with Gasteiger partial charge in [-0.2, -0.15) is 0 Å². The minimum absolute atomic E-state index is 0.808. The maximum atomic E-state index is 2.32. The van der Waals surface area contributed by atoms with E-state index in [4.69, 9.17) is 0 Å². The molecule has 62 valence electrons. The maximum absolute atomic E-state index is 2.32. The average Bonchev–Trinajstić information content (AvgIpc) is 2.87. The van der Waals surface area contributed by atoms with E-state index in [1.165, 1.54) is 12.0 Å². The van der Waals surface area contributed by atoms with Gasteiger partial charge in [0.1, 0.15) is 0 Å². The fraction of sp³-hybridized carbons (Fsp3) is 0.333. The van der Waals surface area contributed by atoms with Crippen molar-refractivity contribution < 1.29 is 0 Å². The third-order valence-electron chi connectivity index (χ3n) is 2.51. The summed E-state index contributed by atoms with van der Waals surface area (Å²) in [6.45, 7) is 2.10. The van der Waals surface area contributed by atoms with Gasteiger partial charge in [0.05, 0.1) is 0 Å². The number of benzene rings is 1. The molecule has 1 saturated carbocycles. The first-order chi connectivity index (χ1) is 5.92. The van der Waals surface area contributed by atoms with Gasteiger partial charge in [-0.25, -0.2) is 0 Å². The first-order valence-corrected chi connectivity index (χ1v) is 4.59. The zero-order valence-corrected chi connectivity index (χ0v) is 7.40. The van der Waals surface area contributed by atoms with Crippen LogP contribution in [0.2, 0.25) is 0 Å². The summed E-state index contributed by atoms with van der Waals surface area (Å²) in [7, 11) is 0. The van der Waals surface area contributed by atoms with Crippen LogP contribution < -0.4 is 0 Å². The molecule has 0 amide bonds. The molecule has 0 saturated heterocycles. The molecule has 0 radical (unpaired) electrons. The highest BCUT2D eigenvalue weighted by atomic mass is 14.4. The third kappa shape index (κ3) is 1.42. The molecule has 0 unspecified atom stereocenters. The second kappa shape index (κ2) is 3.14. The van der Waals surface area contributed by atoms with Crippen molar-refractivity contribution in [2.24, 2.45) is 5.92 Å². The van der Waals surface area contributed by atoms with Crippen molar-refractivity contribution >= 4 is 0 Å². The van der Waals surface area contributed by atoms with Crippen LogP contribution in [0.5, 0.6) is 0 Å². The van der Waals surface area contributed by atoms with Crippen molar-refractivity contribution in [3.8, 4) is 0 Å². The molecular weight excluding hydrogens is 144 g/mol. The number of rotatable bonds is 2. The van der Waals surface area contributed by atoms with Crippen molar-refractivity contribution in [3.63, 3.8) is 0 Å². The van der Waals surface area contributed by atoms with Crippen LogP contribution in [0.25, 0.3) is 0 Å². The van der Waals surface area contributed by atoms with E-state index < -0.39 is 0 Å². The van der Waals surface area contributed by atoms with Gasteiger partial charge in [0.25, 0.3) is 0 Å². The molecule has 0 N–H and O–H groups in total. The van der Waals surface area contributed by atoms with Crippen molar-refractivity contribution in [3.05, 3.63) is 48.0 Å². The third-order valence-corrected chi connectivity index (χ3v) is 2.51. The van der Waals surface area contributed by atoms with Crippen LogP contribution in [-0.4, -0.2) is 0 Å². The first-order valence-electron chi connectivity index (χ1n) is 4.59. The van der Waals surface area contributed by atoms with E-state index in [0.717, 1.165) is 11.8 Å². The minimum atomic E-state index is 0.808. The molecule has 1 aromatic carbocycles. The van der Waals surface area contributed by atoms with E-state index >= 15 is 0 Å². The van der Waals surface area contributed by atoms with Crippen molar-refractivity contribution in [2.45, 2.75) is 19.3 Å². The molecule has 0 heterocycles. The molecule has 0 bridgehead atoms. The quantitative estimate of drug-likeness (QED) is 0.579. The Balaban J connectivity index is 2.06. The van der Waals surface area contributed by atoms with Crippen LogP contribution >= 0.6 is 0 Å². The molecule has 0 heteroatoms. The van der Waals surface area contributed by atoms with Gasteiger partial charge in [-0.1, -0.05) is 42.5 Å². The van der Waals surface area contributed by atoms with Gasteiger partial charge in [-0.05, 0) is 30.7 Å². The lowest BCUT2D eigenvalue weighted by Crippen LogP contribution is -1.78. The molecule has 12 heavy (non-hydrogen) atoms. The molecule has 1 aliphatic rings. The summed E-state index contributed by atoms with van der Waals surface area (Å²) in [4.78, 5) is 0. The molecule has 1 aliphatic carbocycles. The van der Waals surface area contributed by atoms with Gasteiger partial charge in [0.2, 0.25) is 0 Å². The largest absolute Gasteiger partial charge is 0.0914 e. The smallest absolute Gasteiger partial charge is 0.00930 e. The van der Waals surface area contributed by atoms with E-state index in [1.807, 2.05) is 0 Å². The Morgan fingerprint density at radius 2 is 2.00 bits per heavy atom. The Hall–Kier alpha value is -1.04. The van der Waals surface area contributed by atoms with Crippen LogP contribution in [0.15, 0.2) is 42.5 Å². The highest BCUT2D eigenvalue weighted by molar-refractivity contribution is 5.27. The van der Waals surface area contributed by atoms with E-state index in [2.05, 4.69) is 49.4 Å². The van der Waals surface area contributed by atoms with Gasteiger partial charge >= 0.3 is 0 Å². The SMILES string of the molecule is C/C=C/[C@@H]1C[C@@H]1c1ccccc1. The zero-order chi connectivity index (χ0) is 8.39. The van der Waals surface area contributed by atoms with Gasteiger partial charge in [0, 0.05) is 0 Å². The molecular formula is C12H14. The molecule has 0 spiro atoms. The highest BCUT2D eigenvalue weighted by Gasteiger charge is 2.35. The van der Waals surface area contributed by atoms with Gasteiger partial charge in [-0.15, -0.1) is 0 Å². The van der Waals surface area contributed by atoms with Crippen LogP contribution in [-0.2, 0) is 0 Å². The molecule has 1 aromatic rings. The fourth-order valence-corrected chi connectivity index (χ4v) is 1.76. The number of hydrogen-bond donors (Lipinski definition) is 0. The lowest BCUT2D eigenvalue weighted by Gasteiger charge is -1.95. The highest BCUT2D eigenvalue weighted by Crippen LogP contribution is 2.48. The van der Waals surface area contributed by atoms with E-state index in [1.54, 1.807) is 0 Å². The predicted molar refractivity (Wildman–Crippen MR) is 52.1 cm³/mol. The molecule has 0 aromatic heterocycles. The number of allylic oxidation sites excluding steroid dienone is 2. The van der Waals surface area contributed by atoms with Crippen molar-refractivity contribution in [1.82, 2.24) is 0 Å². The second-order valence-corrected chi connectivity index (χ2v) is 3.44. The normalized spacial score (nSPS) is 27.8. The standard InChI is InChI=1S/C12H14/c1-2-6-11-9-12(11)10-7-4-3-5-8-10/h2-8,11-12H,9H2,1H3/b6-2+/t11-,12-/m1/s1. The summed E-state index contributed by atoms with van der Waals surface area (Å²) in [6, 6.07) is 10.8. The average molecular weight is 158 g/mol. The van der Waals surface area contributed by atoms with Crippen LogP contribution in [0, 0.1) is 5.92 Å². The van der Waals surface area contributed by atoms with Gasteiger partial charge in [-0.3, -0.25) is 0 Å². The first kappa shape index (κ1) is 7.60. The monoisotopic (exact) mass is 158 g/mol.